The van der Waals surface area contributed by atoms with Crippen LogP contribution in [0.2, 0.25) is 0 Å². The molecule has 1 N–H and O–H groups in total. The van der Waals surface area contributed by atoms with Crippen molar-refractivity contribution < 1.29 is 28.6 Å². The maximum atomic E-state index is 13.5. The average Bonchev–Trinajstić information content (AvgIpc) is 3.17. The Bertz CT molecular complexity index is 1260. The van der Waals surface area contributed by atoms with Gasteiger partial charge in [-0.25, -0.2) is 9.69 Å². The molecule has 9 nitrogen and oxygen atoms in total. The smallest absolute Gasteiger partial charge is 0.332 e. The number of methoxy groups -OCH3 is 2. The number of carbonyl (C=O) groups excluding carboxylic acids is 3. The highest BCUT2D eigenvalue weighted by Gasteiger charge is 2.46. The van der Waals surface area contributed by atoms with Crippen molar-refractivity contribution in [1.82, 2.24) is 4.90 Å². The van der Waals surface area contributed by atoms with E-state index in [9.17, 15) is 14.4 Å². The molecule has 0 radical (unpaired) electrons. The minimum absolute atomic E-state index is 0.174. The van der Waals surface area contributed by atoms with E-state index in [1.807, 2.05) is 31.2 Å². The lowest BCUT2D eigenvalue weighted by molar-refractivity contribution is -0.124. The summed E-state index contributed by atoms with van der Waals surface area (Å²) in [5.41, 5.74) is 1.98. The summed E-state index contributed by atoms with van der Waals surface area (Å²) in [6.07, 6.45) is 0.337. The Hall–Kier alpha value is -4.53. The highest BCUT2D eigenvalue weighted by molar-refractivity contribution is 6.22. The van der Waals surface area contributed by atoms with Gasteiger partial charge in [-0.2, -0.15) is 0 Å². The van der Waals surface area contributed by atoms with Gasteiger partial charge in [-0.15, -0.1) is 0 Å². The molecule has 0 bridgehead atoms. The van der Waals surface area contributed by atoms with Gasteiger partial charge in [0.1, 0.15) is 23.3 Å². The Morgan fingerprint density at radius 2 is 1.42 bits per heavy atom. The van der Waals surface area contributed by atoms with Crippen LogP contribution >= 0.6 is 0 Å². The number of urea groups is 1. The number of benzene rings is 3. The largest absolute Gasteiger partial charge is 0.497 e. The molecule has 3 aromatic rings. The van der Waals surface area contributed by atoms with Gasteiger partial charge < -0.3 is 24.4 Å². The Morgan fingerprint density at radius 3 is 2.00 bits per heavy atom. The molecular weight excluding hydrogens is 486 g/mol. The van der Waals surface area contributed by atoms with Gasteiger partial charge in [-0.3, -0.25) is 9.59 Å². The topological polar surface area (TPSA) is 97.4 Å². The lowest BCUT2D eigenvalue weighted by atomic mass is 10.1. The van der Waals surface area contributed by atoms with Gasteiger partial charge in [0.15, 0.2) is 0 Å². The number of nitrogens with one attached hydrogen (secondary N) is 1. The molecule has 3 aromatic carbocycles. The maximum Gasteiger partial charge on any atom is 0.332 e. The maximum absolute atomic E-state index is 13.5. The molecule has 0 aromatic heterocycles. The molecule has 0 unspecified atom stereocenters. The lowest BCUT2D eigenvalue weighted by Gasteiger charge is -2.21. The first kappa shape index (κ1) is 26.5. The predicted octanol–water partition coefficient (Wildman–Crippen LogP) is 4.51. The summed E-state index contributed by atoms with van der Waals surface area (Å²) in [7, 11) is 3.14. The van der Waals surface area contributed by atoms with Crippen LogP contribution in [-0.4, -0.2) is 56.2 Å². The number of nitrogens with zero attached hydrogens (tertiary/aromatic N) is 2. The van der Waals surface area contributed by atoms with E-state index in [1.54, 1.807) is 62.8 Å². The number of carbonyl (C=O) groups is 3. The van der Waals surface area contributed by atoms with Crippen molar-refractivity contribution in [1.29, 1.82) is 0 Å². The normalized spacial score (nSPS) is 15.0. The van der Waals surface area contributed by atoms with Crippen molar-refractivity contribution >= 4 is 29.2 Å². The minimum Gasteiger partial charge on any atom is -0.497 e. The van der Waals surface area contributed by atoms with Crippen LogP contribution in [0.15, 0.2) is 72.8 Å². The van der Waals surface area contributed by atoms with Crippen LogP contribution < -0.4 is 24.4 Å². The summed E-state index contributed by atoms with van der Waals surface area (Å²) in [5, 5.41) is 2.82. The summed E-state index contributed by atoms with van der Waals surface area (Å²) < 4.78 is 15.8. The van der Waals surface area contributed by atoms with Gasteiger partial charge in [0.2, 0.25) is 5.91 Å². The fraction of sp³-hybridized carbons (Fsp3) is 0.276. The van der Waals surface area contributed by atoms with Crippen LogP contribution in [-0.2, 0) is 16.0 Å². The molecule has 38 heavy (non-hydrogen) atoms. The average molecular weight is 518 g/mol. The Morgan fingerprint density at radius 1 is 0.842 bits per heavy atom. The summed E-state index contributed by atoms with van der Waals surface area (Å²) in [5.74, 6) is 1.22. The van der Waals surface area contributed by atoms with E-state index in [-0.39, 0.29) is 18.9 Å². The van der Waals surface area contributed by atoms with E-state index in [4.69, 9.17) is 14.2 Å². The Kier molecular flexibility index (Phi) is 8.47. The Balaban J connectivity index is 1.52. The molecular formula is C29H31N3O6. The van der Waals surface area contributed by atoms with Crippen molar-refractivity contribution in [2.24, 2.45) is 0 Å². The van der Waals surface area contributed by atoms with Crippen LogP contribution in [0.25, 0.3) is 0 Å². The molecule has 0 saturated carbocycles. The van der Waals surface area contributed by atoms with E-state index >= 15 is 0 Å². The molecule has 1 atom stereocenters. The van der Waals surface area contributed by atoms with Gasteiger partial charge >= 0.3 is 6.03 Å². The molecule has 4 amide bonds. The number of imide groups is 1. The number of ether oxygens (including phenoxy) is 3. The molecule has 0 spiro atoms. The molecule has 0 aliphatic carbocycles. The fourth-order valence-corrected chi connectivity index (χ4v) is 4.29. The number of hydrogen-bond donors (Lipinski definition) is 1. The van der Waals surface area contributed by atoms with Crippen LogP contribution in [0.3, 0.4) is 0 Å². The third-order valence-electron chi connectivity index (χ3n) is 6.28. The van der Waals surface area contributed by atoms with E-state index in [0.717, 1.165) is 16.2 Å². The number of hydrogen-bond acceptors (Lipinski definition) is 6. The highest BCUT2D eigenvalue weighted by atomic mass is 16.5. The van der Waals surface area contributed by atoms with E-state index < -0.39 is 18.0 Å². The highest BCUT2D eigenvalue weighted by Crippen LogP contribution is 2.29. The zero-order chi connectivity index (χ0) is 27.1. The van der Waals surface area contributed by atoms with E-state index in [0.29, 0.717) is 35.9 Å². The SMILES string of the molecule is CCOc1ccc(NC(=O)C[C@@H]2C(=O)N(c3ccc(OC)cc3)C(=O)N2CCc2ccc(OC)cc2)cc1. The third kappa shape index (κ3) is 6.05. The van der Waals surface area contributed by atoms with Crippen molar-refractivity contribution in [2.45, 2.75) is 25.8 Å². The summed E-state index contributed by atoms with van der Waals surface area (Å²) in [6, 6.07) is 19.8. The number of anilines is 2. The van der Waals surface area contributed by atoms with Gasteiger partial charge in [0.05, 0.1) is 32.9 Å². The summed E-state index contributed by atoms with van der Waals surface area (Å²) in [4.78, 5) is 42.5. The number of rotatable bonds is 11. The van der Waals surface area contributed by atoms with E-state index in [1.165, 1.54) is 4.90 Å². The lowest BCUT2D eigenvalue weighted by Crippen LogP contribution is -2.39. The van der Waals surface area contributed by atoms with Gasteiger partial charge in [-0.05, 0) is 79.6 Å². The molecule has 1 aliphatic heterocycles. The van der Waals surface area contributed by atoms with Crippen LogP contribution in [0.4, 0.5) is 16.2 Å². The molecule has 198 valence electrons. The summed E-state index contributed by atoms with van der Waals surface area (Å²) in [6.45, 7) is 2.70. The minimum atomic E-state index is -0.939. The van der Waals surface area contributed by atoms with Crippen LogP contribution in [0.1, 0.15) is 18.9 Å². The van der Waals surface area contributed by atoms with Crippen LogP contribution in [0, 0.1) is 0 Å². The molecule has 1 heterocycles. The van der Waals surface area contributed by atoms with Crippen molar-refractivity contribution in [2.75, 3.05) is 37.6 Å². The van der Waals surface area contributed by atoms with Crippen molar-refractivity contribution in [3.05, 3.63) is 78.4 Å². The molecule has 1 saturated heterocycles. The molecule has 9 heteroatoms. The third-order valence-corrected chi connectivity index (χ3v) is 6.28. The second-order valence-electron chi connectivity index (χ2n) is 8.67. The zero-order valence-corrected chi connectivity index (χ0v) is 21.7. The zero-order valence-electron chi connectivity index (χ0n) is 21.7. The van der Waals surface area contributed by atoms with Gasteiger partial charge in [-0.1, -0.05) is 12.1 Å². The second-order valence-corrected chi connectivity index (χ2v) is 8.67. The Labute approximate surface area is 221 Å². The fourth-order valence-electron chi connectivity index (χ4n) is 4.29. The molecule has 1 aliphatic rings. The first-order valence-electron chi connectivity index (χ1n) is 12.4. The molecule has 1 fully saturated rings. The van der Waals surface area contributed by atoms with Gasteiger partial charge in [0, 0.05) is 12.2 Å². The van der Waals surface area contributed by atoms with Crippen LogP contribution in [0.5, 0.6) is 17.2 Å². The van der Waals surface area contributed by atoms with Crippen molar-refractivity contribution in [3.63, 3.8) is 0 Å². The number of amides is 4. The molecule has 4 rings (SSSR count). The standard InChI is InChI=1S/C29H31N3O6/c1-4-38-25-13-7-21(8-14-25)30-27(33)19-26-28(34)32(22-9-15-24(37-3)16-10-22)29(35)31(26)18-17-20-5-11-23(36-2)12-6-20/h5-16,26H,4,17-19H2,1-3H3,(H,30,33)/t26-/m1/s1. The predicted molar refractivity (Wildman–Crippen MR) is 144 cm³/mol. The first-order chi connectivity index (χ1) is 18.4. The monoisotopic (exact) mass is 517 g/mol. The van der Waals surface area contributed by atoms with Crippen molar-refractivity contribution in [3.8, 4) is 17.2 Å². The quantitative estimate of drug-likeness (QED) is 0.376. The summed E-state index contributed by atoms with van der Waals surface area (Å²) >= 11 is 0. The van der Waals surface area contributed by atoms with Gasteiger partial charge in [0.25, 0.3) is 5.91 Å². The first-order valence-corrected chi connectivity index (χ1v) is 12.4. The second kappa shape index (κ2) is 12.1. The van der Waals surface area contributed by atoms with E-state index in [2.05, 4.69) is 5.32 Å².